The molecule has 30 heavy (non-hydrogen) atoms. The molecule has 6 heteroatoms. The van der Waals surface area contributed by atoms with E-state index in [1.165, 1.54) is 0 Å². The monoisotopic (exact) mass is 400 g/mol. The predicted octanol–water partition coefficient (Wildman–Crippen LogP) is 3.57. The van der Waals surface area contributed by atoms with E-state index in [1.54, 1.807) is 7.11 Å². The summed E-state index contributed by atoms with van der Waals surface area (Å²) in [7, 11) is 1.63. The van der Waals surface area contributed by atoms with Gasteiger partial charge in [0.05, 0.1) is 24.3 Å². The molecule has 2 heterocycles. The Labute approximate surface area is 176 Å². The molecule has 1 saturated heterocycles. The third kappa shape index (κ3) is 3.85. The summed E-state index contributed by atoms with van der Waals surface area (Å²) in [6.45, 7) is 4.38. The zero-order valence-corrected chi connectivity index (χ0v) is 17.2. The number of hydrogen-bond donors (Lipinski definition) is 0. The molecule has 0 saturated carbocycles. The van der Waals surface area contributed by atoms with Gasteiger partial charge in [-0.05, 0) is 36.8 Å². The SMILES string of the molecule is COc1ccc([C@H](C#N)N2CCN(C(=O)c3cc(C)nc4ccccc34)CC2)cc1. The number of benzene rings is 2. The quantitative estimate of drug-likeness (QED) is 0.670. The number of rotatable bonds is 4. The van der Waals surface area contributed by atoms with Gasteiger partial charge in [-0.15, -0.1) is 0 Å². The molecule has 1 amide bonds. The number of pyridine rings is 1. The summed E-state index contributed by atoms with van der Waals surface area (Å²) in [5.74, 6) is 0.792. The van der Waals surface area contributed by atoms with Crippen LogP contribution >= 0.6 is 0 Å². The molecule has 0 unspecified atom stereocenters. The lowest BCUT2D eigenvalue weighted by atomic mass is 10.0. The molecule has 0 radical (unpaired) electrons. The number of fused-ring (bicyclic) bond motifs is 1. The summed E-state index contributed by atoms with van der Waals surface area (Å²) in [5.41, 5.74) is 3.30. The Morgan fingerprint density at radius 3 is 2.47 bits per heavy atom. The van der Waals surface area contributed by atoms with Crippen molar-refractivity contribution in [1.29, 1.82) is 5.26 Å². The first-order chi connectivity index (χ1) is 14.6. The van der Waals surface area contributed by atoms with Gasteiger partial charge in [0.1, 0.15) is 11.8 Å². The number of amides is 1. The van der Waals surface area contributed by atoms with Gasteiger partial charge in [-0.2, -0.15) is 5.26 Å². The van der Waals surface area contributed by atoms with Crippen LogP contribution in [0, 0.1) is 18.3 Å². The number of carbonyl (C=O) groups is 1. The molecule has 1 atom stereocenters. The van der Waals surface area contributed by atoms with Gasteiger partial charge in [0.2, 0.25) is 0 Å². The van der Waals surface area contributed by atoms with E-state index in [-0.39, 0.29) is 11.9 Å². The maximum Gasteiger partial charge on any atom is 0.254 e. The minimum Gasteiger partial charge on any atom is -0.497 e. The molecule has 0 aliphatic carbocycles. The van der Waals surface area contributed by atoms with Crippen LogP contribution in [0.3, 0.4) is 0 Å². The van der Waals surface area contributed by atoms with E-state index in [1.807, 2.05) is 66.4 Å². The van der Waals surface area contributed by atoms with Crippen molar-refractivity contribution in [2.45, 2.75) is 13.0 Å². The normalized spacial score (nSPS) is 15.6. The number of carbonyl (C=O) groups excluding carboxylic acids is 1. The maximum atomic E-state index is 13.3. The standard InChI is InChI=1S/C24H24N4O2/c1-17-15-21(20-5-3-4-6-22(20)26-17)24(29)28-13-11-27(12-14-28)23(16-25)18-7-9-19(30-2)10-8-18/h3-10,15,23H,11-14H2,1-2H3/t23-/m0/s1. The van der Waals surface area contributed by atoms with E-state index >= 15 is 0 Å². The Kier molecular flexibility index (Phi) is 5.64. The smallest absolute Gasteiger partial charge is 0.254 e. The van der Waals surface area contributed by atoms with E-state index < -0.39 is 0 Å². The molecule has 152 valence electrons. The van der Waals surface area contributed by atoms with Crippen LogP contribution in [0.15, 0.2) is 54.6 Å². The van der Waals surface area contributed by atoms with Crippen molar-refractivity contribution in [2.75, 3.05) is 33.3 Å². The minimum absolute atomic E-state index is 0.0225. The van der Waals surface area contributed by atoms with Gasteiger partial charge in [0, 0.05) is 37.3 Å². The molecule has 0 spiro atoms. The van der Waals surface area contributed by atoms with E-state index in [9.17, 15) is 10.1 Å². The lowest BCUT2D eigenvalue weighted by Gasteiger charge is -2.37. The molecule has 3 aromatic rings. The highest BCUT2D eigenvalue weighted by atomic mass is 16.5. The summed E-state index contributed by atoms with van der Waals surface area (Å²) in [4.78, 5) is 21.8. The molecule has 1 aromatic heterocycles. The Bertz CT molecular complexity index is 1100. The number of nitriles is 1. The van der Waals surface area contributed by atoms with Crippen LogP contribution in [0.5, 0.6) is 5.75 Å². The van der Waals surface area contributed by atoms with E-state index in [0.29, 0.717) is 31.7 Å². The summed E-state index contributed by atoms with van der Waals surface area (Å²) in [6, 6.07) is 19.3. The second kappa shape index (κ2) is 8.52. The fourth-order valence-electron chi connectivity index (χ4n) is 3.99. The highest BCUT2D eigenvalue weighted by Gasteiger charge is 2.28. The van der Waals surface area contributed by atoms with Crippen LogP contribution in [0.2, 0.25) is 0 Å². The van der Waals surface area contributed by atoms with Crippen LogP contribution in [-0.2, 0) is 0 Å². The number of aromatic nitrogens is 1. The molecule has 1 aliphatic heterocycles. The van der Waals surface area contributed by atoms with Crippen molar-refractivity contribution < 1.29 is 9.53 Å². The van der Waals surface area contributed by atoms with Crippen LogP contribution in [0.1, 0.15) is 27.7 Å². The Morgan fingerprint density at radius 1 is 1.10 bits per heavy atom. The molecule has 0 N–H and O–H groups in total. The topological polar surface area (TPSA) is 69.5 Å². The molecule has 6 nitrogen and oxygen atoms in total. The lowest BCUT2D eigenvalue weighted by Crippen LogP contribution is -2.49. The third-order valence-electron chi connectivity index (χ3n) is 5.60. The number of methoxy groups -OCH3 is 1. The van der Waals surface area contributed by atoms with Crippen molar-refractivity contribution in [3.8, 4) is 11.8 Å². The third-order valence-corrected chi connectivity index (χ3v) is 5.60. The van der Waals surface area contributed by atoms with Crippen LogP contribution in [0.4, 0.5) is 0 Å². The number of hydrogen-bond acceptors (Lipinski definition) is 5. The van der Waals surface area contributed by atoms with Crippen molar-refractivity contribution in [2.24, 2.45) is 0 Å². The Morgan fingerprint density at radius 2 is 1.80 bits per heavy atom. The van der Waals surface area contributed by atoms with Gasteiger partial charge in [-0.25, -0.2) is 0 Å². The number of nitrogens with zero attached hydrogens (tertiary/aromatic N) is 4. The highest BCUT2D eigenvalue weighted by molar-refractivity contribution is 6.06. The van der Waals surface area contributed by atoms with Gasteiger partial charge in [0.15, 0.2) is 0 Å². The molecular weight excluding hydrogens is 376 g/mol. The Balaban J connectivity index is 1.49. The fraction of sp³-hybridized carbons (Fsp3) is 0.292. The molecule has 1 fully saturated rings. The maximum absolute atomic E-state index is 13.3. The largest absolute Gasteiger partial charge is 0.497 e. The first kappa shape index (κ1) is 19.9. The zero-order chi connectivity index (χ0) is 21.1. The molecule has 2 aromatic carbocycles. The first-order valence-electron chi connectivity index (χ1n) is 10.0. The summed E-state index contributed by atoms with van der Waals surface area (Å²) in [6.07, 6.45) is 0. The molecular formula is C24H24N4O2. The van der Waals surface area contributed by atoms with Gasteiger partial charge in [-0.3, -0.25) is 14.7 Å². The molecule has 0 bridgehead atoms. The van der Waals surface area contributed by atoms with Crippen molar-refractivity contribution in [3.63, 3.8) is 0 Å². The summed E-state index contributed by atoms with van der Waals surface area (Å²) in [5, 5.41) is 10.6. The number of piperazine rings is 1. The first-order valence-corrected chi connectivity index (χ1v) is 10.0. The average Bonchev–Trinajstić information content (AvgIpc) is 2.79. The van der Waals surface area contributed by atoms with Gasteiger partial charge >= 0.3 is 0 Å². The van der Waals surface area contributed by atoms with Crippen molar-refractivity contribution in [1.82, 2.24) is 14.8 Å². The second-order valence-corrected chi connectivity index (χ2v) is 7.46. The van der Waals surface area contributed by atoms with E-state index in [0.717, 1.165) is 27.9 Å². The van der Waals surface area contributed by atoms with Crippen molar-refractivity contribution >= 4 is 16.8 Å². The van der Waals surface area contributed by atoms with E-state index in [4.69, 9.17) is 4.74 Å². The van der Waals surface area contributed by atoms with E-state index in [2.05, 4.69) is 16.0 Å². The average molecular weight is 400 g/mol. The van der Waals surface area contributed by atoms with Crippen LogP contribution in [-0.4, -0.2) is 54.0 Å². The van der Waals surface area contributed by atoms with Crippen molar-refractivity contribution in [3.05, 3.63) is 71.4 Å². The number of aryl methyl sites for hydroxylation is 1. The minimum atomic E-state index is -0.336. The lowest BCUT2D eigenvalue weighted by molar-refractivity contribution is 0.0608. The Hall–Kier alpha value is -3.43. The zero-order valence-electron chi connectivity index (χ0n) is 17.2. The predicted molar refractivity (Wildman–Crippen MR) is 115 cm³/mol. The summed E-state index contributed by atoms with van der Waals surface area (Å²) < 4.78 is 5.20. The fourth-order valence-corrected chi connectivity index (χ4v) is 3.99. The van der Waals surface area contributed by atoms with Crippen LogP contribution in [0.25, 0.3) is 10.9 Å². The van der Waals surface area contributed by atoms with Crippen LogP contribution < -0.4 is 4.74 Å². The van der Waals surface area contributed by atoms with Gasteiger partial charge < -0.3 is 9.64 Å². The molecule has 4 rings (SSSR count). The highest BCUT2D eigenvalue weighted by Crippen LogP contribution is 2.25. The van der Waals surface area contributed by atoms with Gasteiger partial charge in [-0.1, -0.05) is 30.3 Å². The number of para-hydroxylation sites is 1. The van der Waals surface area contributed by atoms with Gasteiger partial charge in [0.25, 0.3) is 5.91 Å². The second-order valence-electron chi connectivity index (χ2n) is 7.46. The molecule has 1 aliphatic rings. The number of ether oxygens (including phenoxy) is 1. The summed E-state index contributed by atoms with van der Waals surface area (Å²) >= 11 is 0.